The van der Waals surface area contributed by atoms with E-state index < -0.39 is 16.1 Å². The summed E-state index contributed by atoms with van der Waals surface area (Å²) in [5.74, 6) is -0.361. The topological polar surface area (TPSA) is 72.2 Å². The second kappa shape index (κ2) is 5.83. The van der Waals surface area contributed by atoms with Crippen molar-refractivity contribution in [2.45, 2.75) is 24.8 Å². The first-order valence-electron chi connectivity index (χ1n) is 6.43. The summed E-state index contributed by atoms with van der Waals surface area (Å²) in [6.45, 7) is 3.41. The first kappa shape index (κ1) is 15.5. The molecule has 0 heterocycles. The number of halogens is 1. The van der Waals surface area contributed by atoms with Crippen LogP contribution in [0, 0.1) is 12.7 Å². The molecule has 0 aromatic heterocycles. The monoisotopic (exact) mass is 308 g/mol. The lowest BCUT2D eigenvalue weighted by molar-refractivity contribution is 0.566. The highest BCUT2D eigenvalue weighted by molar-refractivity contribution is 7.89. The predicted molar refractivity (Wildman–Crippen MR) is 80.7 cm³/mol. The summed E-state index contributed by atoms with van der Waals surface area (Å²) in [5.41, 5.74) is 7.33. The first-order chi connectivity index (χ1) is 9.79. The normalized spacial score (nSPS) is 13.1. The Bertz CT molecular complexity index is 743. The zero-order valence-corrected chi connectivity index (χ0v) is 12.6. The van der Waals surface area contributed by atoms with Crippen LogP contribution in [-0.4, -0.2) is 8.42 Å². The van der Waals surface area contributed by atoms with E-state index in [0.29, 0.717) is 16.8 Å². The predicted octanol–water partition coefficient (Wildman–Crippen LogP) is 2.76. The van der Waals surface area contributed by atoms with Gasteiger partial charge < -0.3 is 5.73 Å². The number of nitrogens with two attached hydrogens (primary N) is 1. The van der Waals surface area contributed by atoms with Gasteiger partial charge in [0.25, 0.3) is 0 Å². The Labute approximate surface area is 123 Å². The first-order valence-corrected chi connectivity index (χ1v) is 7.92. The number of sulfonamides is 1. The van der Waals surface area contributed by atoms with Crippen LogP contribution in [0.15, 0.2) is 47.4 Å². The van der Waals surface area contributed by atoms with Crippen LogP contribution in [0.5, 0.6) is 0 Å². The molecule has 0 bridgehead atoms. The Balaban J connectivity index is 2.28. The Morgan fingerprint density at radius 1 is 1.14 bits per heavy atom. The fourth-order valence-corrected chi connectivity index (χ4v) is 3.53. The third kappa shape index (κ3) is 3.59. The molecule has 6 heteroatoms. The molecular weight excluding hydrogens is 291 g/mol. The van der Waals surface area contributed by atoms with E-state index in [4.69, 9.17) is 5.73 Å². The third-order valence-electron chi connectivity index (χ3n) is 3.20. The van der Waals surface area contributed by atoms with E-state index in [1.165, 1.54) is 18.2 Å². The van der Waals surface area contributed by atoms with Gasteiger partial charge in [0.05, 0.1) is 4.90 Å². The molecule has 0 amide bonds. The lowest BCUT2D eigenvalue weighted by atomic mass is 10.1. The second-order valence-corrected chi connectivity index (χ2v) is 6.60. The van der Waals surface area contributed by atoms with Gasteiger partial charge in [-0.1, -0.05) is 18.2 Å². The van der Waals surface area contributed by atoms with Gasteiger partial charge in [-0.3, -0.25) is 0 Å². The van der Waals surface area contributed by atoms with Gasteiger partial charge in [0.1, 0.15) is 5.82 Å². The number of nitrogen functional groups attached to an aromatic ring is 1. The molecule has 0 saturated carbocycles. The number of hydrogen-bond donors (Lipinski definition) is 2. The Morgan fingerprint density at radius 3 is 2.38 bits per heavy atom. The summed E-state index contributed by atoms with van der Waals surface area (Å²) < 4.78 is 40.3. The molecule has 0 fully saturated rings. The molecule has 0 saturated heterocycles. The van der Waals surface area contributed by atoms with Gasteiger partial charge in [0.2, 0.25) is 10.0 Å². The zero-order valence-electron chi connectivity index (χ0n) is 11.8. The summed E-state index contributed by atoms with van der Waals surface area (Å²) in [5, 5.41) is 0. The third-order valence-corrected chi connectivity index (χ3v) is 4.89. The zero-order chi connectivity index (χ0) is 15.6. The van der Waals surface area contributed by atoms with E-state index in [1.807, 2.05) is 0 Å². The molecule has 1 unspecified atom stereocenters. The molecule has 0 aliphatic carbocycles. The summed E-state index contributed by atoms with van der Waals surface area (Å²) in [6, 6.07) is 9.96. The molecule has 0 aliphatic heterocycles. The fraction of sp³-hybridized carbons (Fsp3) is 0.200. The van der Waals surface area contributed by atoms with Crippen molar-refractivity contribution >= 4 is 15.7 Å². The van der Waals surface area contributed by atoms with Crippen molar-refractivity contribution in [1.29, 1.82) is 0 Å². The minimum absolute atomic E-state index is 0.150. The van der Waals surface area contributed by atoms with E-state index in [0.717, 1.165) is 0 Å². The summed E-state index contributed by atoms with van der Waals surface area (Å²) in [4.78, 5) is 0.150. The van der Waals surface area contributed by atoms with Crippen molar-refractivity contribution in [3.8, 4) is 0 Å². The van der Waals surface area contributed by atoms with Gasteiger partial charge in [-0.2, -0.15) is 0 Å². The number of benzene rings is 2. The Kier molecular flexibility index (Phi) is 4.29. The smallest absolute Gasteiger partial charge is 0.241 e. The van der Waals surface area contributed by atoms with Gasteiger partial charge in [-0.25, -0.2) is 17.5 Å². The molecule has 112 valence electrons. The lowest BCUT2D eigenvalue weighted by Gasteiger charge is -2.16. The number of aryl methyl sites for hydroxylation is 1. The van der Waals surface area contributed by atoms with Gasteiger partial charge in [-0.05, 0) is 49.2 Å². The summed E-state index contributed by atoms with van der Waals surface area (Å²) in [7, 11) is -3.69. The van der Waals surface area contributed by atoms with Crippen LogP contribution in [0.4, 0.5) is 10.1 Å². The summed E-state index contributed by atoms with van der Waals surface area (Å²) >= 11 is 0. The molecule has 0 aliphatic rings. The molecule has 2 aromatic rings. The maximum atomic E-state index is 12.9. The van der Waals surface area contributed by atoms with Crippen LogP contribution < -0.4 is 10.5 Å². The van der Waals surface area contributed by atoms with Crippen LogP contribution in [-0.2, 0) is 10.0 Å². The Hall–Kier alpha value is -1.92. The molecule has 3 N–H and O–H groups in total. The van der Waals surface area contributed by atoms with E-state index in [9.17, 15) is 12.8 Å². The molecule has 0 radical (unpaired) electrons. The highest BCUT2D eigenvalue weighted by Gasteiger charge is 2.20. The van der Waals surface area contributed by atoms with Crippen molar-refractivity contribution in [1.82, 2.24) is 4.72 Å². The van der Waals surface area contributed by atoms with Crippen LogP contribution in [0.2, 0.25) is 0 Å². The fourth-order valence-electron chi connectivity index (χ4n) is 2.02. The average molecular weight is 308 g/mol. The SMILES string of the molecule is Cc1ccc(N)cc1S(=O)(=O)NC(C)c1ccc(F)cc1. The van der Waals surface area contributed by atoms with Crippen molar-refractivity contribution < 1.29 is 12.8 Å². The van der Waals surface area contributed by atoms with Gasteiger partial charge in [0.15, 0.2) is 0 Å². The van der Waals surface area contributed by atoms with E-state index in [1.54, 1.807) is 38.1 Å². The number of rotatable bonds is 4. The quantitative estimate of drug-likeness (QED) is 0.853. The molecule has 2 aromatic carbocycles. The molecule has 2 rings (SSSR count). The maximum Gasteiger partial charge on any atom is 0.241 e. The highest BCUT2D eigenvalue weighted by Crippen LogP contribution is 2.21. The minimum atomic E-state index is -3.69. The molecule has 21 heavy (non-hydrogen) atoms. The number of anilines is 1. The highest BCUT2D eigenvalue weighted by atomic mass is 32.2. The summed E-state index contributed by atoms with van der Waals surface area (Å²) in [6.07, 6.45) is 0. The van der Waals surface area contributed by atoms with Gasteiger partial charge in [0, 0.05) is 11.7 Å². The molecule has 1 atom stereocenters. The molecule has 4 nitrogen and oxygen atoms in total. The van der Waals surface area contributed by atoms with Crippen LogP contribution >= 0.6 is 0 Å². The molecule has 0 spiro atoms. The minimum Gasteiger partial charge on any atom is -0.399 e. The lowest BCUT2D eigenvalue weighted by Crippen LogP contribution is -2.27. The van der Waals surface area contributed by atoms with E-state index in [-0.39, 0.29) is 10.7 Å². The number of nitrogens with one attached hydrogen (secondary N) is 1. The van der Waals surface area contributed by atoms with E-state index >= 15 is 0 Å². The van der Waals surface area contributed by atoms with Gasteiger partial charge in [-0.15, -0.1) is 0 Å². The standard InChI is InChI=1S/C15H17FN2O2S/c1-10-3-8-14(17)9-15(10)21(19,20)18-11(2)12-4-6-13(16)7-5-12/h3-9,11,18H,17H2,1-2H3. The Morgan fingerprint density at radius 2 is 1.76 bits per heavy atom. The van der Waals surface area contributed by atoms with Crippen molar-refractivity contribution in [3.05, 3.63) is 59.4 Å². The van der Waals surface area contributed by atoms with Crippen LogP contribution in [0.1, 0.15) is 24.1 Å². The number of hydrogen-bond acceptors (Lipinski definition) is 3. The van der Waals surface area contributed by atoms with Crippen LogP contribution in [0.25, 0.3) is 0 Å². The van der Waals surface area contributed by atoms with Gasteiger partial charge >= 0.3 is 0 Å². The van der Waals surface area contributed by atoms with Crippen molar-refractivity contribution in [2.24, 2.45) is 0 Å². The van der Waals surface area contributed by atoms with Crippen molar-refractivity contribution in [2.75, 3.05) is 5.73 Å². The van der Waals surface area contributed by atoms with Crippen LogP contribution in [0.3, 0.4) is 0 Å². The molecular formula is C15H17FN2O2S. The average Bonchev–Trinajstić information content (AvgIpc) is 2.41. The second-order valence-electron chi connectivity index (χ2n) is 4.92. The van der Waals surface area contributed by atoms with Crippen molar-refractivity contribution in [3.63, 3.8) is 0 Å². The largest absolute Gasteiger partial charge is 0.399 e. The maximum absolute atomic E-state index is 12.9. The van der Waals surface area contributed by atoms with E-state index in [2.05, 4.69) is 4.72 Å².